The molecule has 0 amide bonds. The standard InChI is InChI=1S/C11H17NS.ClH/c1-3-11-10-6-9(12-2)5-4-8(10)7-13-11;/h7,9,12H,3-6H2,1-2H3;1H. The summed E-state index contributed by atoms with van der Waals surface area (Å²) >= 11 is 1.95. The first-order valence-electron chi connectivity index (χ1n) is 5.10. The third-order valence-corrected chi connectivity index (χ3v) is 4.23. The summed E-state index contributed by atoms with van der Waals surface area (Å²) in [5.41, 5.74) is 3.27. The highest BCUT2D eigenvalue weighted by molar-refractivity contribution is 7.10. The summed E-state index contributed by atoms with van der Waals surface area (Å²) in [5, 5.41) is 5.75. The summed E-state index contributed by atoms with van der Waals surface area (Å²) < 4.78 is 0. The molecule has 1 aromatic heterocycles. The predicted molar refractivity (Wildman–Crippen MR) is 65.8 cm³/mol. The molecule has 1 unspecified atom stereocenters. The second-order valence-electron chi connectivity index (χ2n) is 3.74. The van der Waals surface area contributed by atoms with Crippen molar-refractivity contribution >= 4 is 23.7 Å². The monoisotopic (exact) mass is 231 g/mol. The van der Waals surface area contributed by atoms with Gasteiger partial charge in [-0.15, -0.1) is 23.7 Å². The van der Waals surface area contributed by atoms with Gasteiger partial charge in [0.25, 0.3) is 0 Å². The molecule has 0 aliphatic heterocycles. The molecule has 0 saturated heterocycles. The van der Waals surface area contributed by atoms with E-state index in [9.17, 15) is 0 Å². The Balaban J connectivity index is 0.000000980. The average molecular weight is 232 g/mol. The predicted octanol–water partition coefficient (Wildman–Crippen LogP) is 2.81. The summed E-state index contributed by atoms with van der Waals surface area (Å²) in [7, 11) is 2.08. The van der Waals surface area contributed by atoms with E-state index in [4.69, 9.17) is 0 Å². The highest BCUT2D eigenvalue weighted by atomic mass is 35.5. The van der Waals surface area contributed by atoms with Gasteiger partial charge in [0.2, 0.25) is 0 Å². The Morgan fingerprint density at radius 1 is 1.57 bits per heavy atom. The first kappa shape index (κ1) is 12.0. The number of nitrogens with one attached hydrogen (secondary N) is 1. The van der Waals surface area contributed by atoms with Crippen molar-refractivity contribution in [2.24, 2.45) is 0 Å². The van der Waals surface area contributed by atoms with Crippen molar-refractivity contribution in [1.82, 2.24) is 5.32 Å². The molecule has 0 bridgehead atoms. The first-order valence-corrected chi connectivity index (χ1v) is 5.98. The second kappa shape index (κ2) is 5.15. The summed E-state index contributed by atoms with van der Waals surface area (Å²) in [6.07, 6.45) is 5.04. The maximum atomic E-state index is 3.39. The van der Waals surface area contributed by atoms with Gasteiger partial charge in [0.1, 0.15) is 0 Å². The summed E-state index contributed by atoms with van der Waals surface area (Å²) in [5.74, 6) is 0. The lowest BCUT2D eigenvalue weighted by atomic mass is 9.89. The maximum absolute atomic E-state index is 3.39. The molecule has 80 valence electrons. The van der Waals surface area contributed by atoms with Crippen LogP contribution in [0.15, 0.2) is 5.38 Å². The number of hydrogen-bond acceptors (Lipinski definition) is 2. The Bertz CT molecular complexity index is 282. The second-order valence-corrected chi connectivity index (χ2v) is 4.71. The van der Waals surface area contributed by atoms with E-state index in [0.717, 1.165) is 0 Å². The minimum atomic E-state index is 0. The van der Waals surface area contributed by atoms with Gasteiger partial charge in [-0.25, -0.2) is 0 Å². The molecule has 1 heterocycles. The molecule has 1 nitrogen and oxygen atoms in total. The Hall–Kier alpha value is -0.0500. The van der Waals surface area contributed by atoms with E-state index in [-0.39, 0.29) is 12.4 Å². The van der Waals surface area contributed by atoms with Gasteiger partial charge in [0.05, 0.1) is 0 Å². The third kappa shape index (κ3) is 2.13. The largest absolute Gasteiger partial charge is 0.317 e. The van der Waals surface area contributed by atoms with Crippen LogP contribution in [-0.4, -0.2) is 13.1 Å². The number of hydrogen-bond donors (Lipinski definition) is 1. The molecule has 1 aromatic rings. The molecule has 14 heavy (non-hydrogen) atoms. The van der Waals surface area contributed by atoms with Gasteiger partial charge in [-0.3, -0.25) is 0 Å². The number of halogens is 1. The fraction of sp³-hybridized carbons (Fsp3) is 0.636. The summed E-state index contributed by atoms with van der Waals surface area (Å²) in [6.45, 7) is 2.26. The molecule has 0 fully saturated rings. The van der Waals surface area contributed by atoms with E-state index in [2.05, 4.69) is 24.7 Å². The molecular weight excluding hydrogens is 214 g/mol. The van der Waals surface area contributed by atoms with E-state index in [0.29, 0.717) is 6.04 Å². The SMILES string of the molecule is CCc1scc2c1CC(NC)CC2.Cl. The van der Waals surface area contributed by atoms with Gasteiger partial charge >= 0.3 is 0 Å². The molecule has 0 aromatic carbocycles. The molecule has 3 heteroatoms. The van der Waals surface area contributed by atoms with E-state index in [1.165, 1.54) is 25.7 Å². The fourth-order valence-corrected chi connectivity index (χ4v) is 3.21. The smallest absolute Gasteiger partial charge is 0.0108 e. The lowest BCUT2D eigenvalue weighted by Gasteiger charge is -2.22. The van der Waals surface area contributed by atoms with Crippen molar-refractivity contribution in [3.63, 3.8) is 0 Å². The Labute approximate surface area is 96.3 Å². The molecule has 1 N–H and O–H groups in total. The van der Waals surface area contributed by atoms with Crippen molar-refractivity contribution in [3.8, 4) is 0 Å². The number of aryl methyl sites for hydroxylation is 2. The zero-order valence-corrected chi connectivity index (χ0v) is 10.4. The lowest BCUT2D eigenvalue weighted by Crippen LogP contribution is -2.31. The van der Waals surface area contributed by atoms with Crippen LogP contribution < -0.4 is 5.32 Å². The Morgan fingerprint density at radius 3 is 3.00 bits per heavy atom. The Morgan fingerprint density at radius 2 is 2.36 bits per heavy atom. The number of thiophene rings is 1. The van der Waals surface area contributed by atoms with Crippen LogP contribution in [0.5, 0.6) is 0 Å². The fourth-order valence-electron chi connectivity index (χ4n) is 2.14. The quantitative estimate of drug-likeness (QED) is 0.826. The van der Waals surface area contributed by atoms with Gasteiger partial charge < -0.3 is 5.32 Å². The lowest BCUT2D eigenvalue weighted by molar-refractivity contribution is 0.496. The molecule has 0 spiro atoms. The van der Waals surface area contributed by atoms with Crippen LogP contribution in [0.2, 0.25) is 0 Å². The van der Waals surface area contributed by atoms with Crippen molar-refractivity contribution in [2.75, 3.05) is 7.05 Å². The molecule has 2 rings (SSSR count). The third-order valence-electron chi connectivity index (χ3n) is 3.01. The van der Waals surface area contributed by atoms with Crippen LogP contribution in [0.1, 0.15) is 29.3 Å². The van der Waals surface area contributed by atoms with Crippen LogP contribution in [0, 0.1) is 0 Å². The van der Waals surface area contributed by atoms with Crippen LogP contribution in [-0.2, 0) is 19.3 Å². The van der Waals surface area contributed by atoms with E-state index in [1.807, 2.05) is 11.3 Å². The number of fused-ring (bicyclic) bond motifs is 1. The Kier molecular flexibility index (Phi) is 4.42. The maximum Gasteiger partial charge on any atom is 0.0108 e. The van der Waals surface area contributed by atoms with Gasteiger partial charge in [-0.1, -0.05) is 6.92 Å². The molecule has 0 saturated carbocycles. The van der Waals surface area contributed by atoms with Crippen LogP contribution in [0.4, 0.5) is 0 Å². The van der Waals surface area contributed by atoms with Gasteiger partial charge in [-0.05, 0) is 49.2 Å². The first-order chi connectivity index (χ1) is 6.35. The van der Waals surface area contributed by atoms with E-state index < -0.39 is 0 Å². The molecular formula is C11H18ClNS. The number of rotatable bonds is 2. The topological polar surface area (TPSA) is 12.0 Å². The van der Waals surface area contributed by atoms with Crippen molar-refractivity contribution < 1.29 is 0 Å². The minimum Gasteiger partial charge on any atom is -0.317 e. The zero-order valence-electron chi connectivity index (χ0n) is 8.80. The van der Waals surface area contributed by atoms with Gasteiger partial charge in [0.15, 0.2) is 0 Å². The van der Waals surface area contributed by atoms with Crippen molar-refractivity contribution in [3.05, 3.63) is 21.4 Å². The minimum absolute atomic E-state index is 0. The molecule has 1 atom stereocenters. The van der Waals surface area contributed by atoms with Gasteiger partial charge in [0, 0.05) is 10.9 Å². The highest BCUT2D eigenvalue weighted by Crippen LogP contribution is 2.30. The zero-order chi connectivity index (χ0) is 9.26. The summed E-state index contributed by atoms with van der Waals surface area (Å²) in [4.78, 5) is 1.61. The molecule has 1 aliphatic rings. The molecule has 1 aliphatic carbocycles. The van der Waals surface area contributed by atoms with E-state index in [1.54, 1.807) is 16.0 Å². The van der Waals surface area contributed by atoms with Crippen LogP contribution in [0.25, 0.3) is 0 Å². The van der Waals surface area contributed by atoms with Crippen molar-refractivity contribution in [1.29, 1.82) is 0 Å². The van der Waals surface area contributed by atoms with E-state index >= 15 is 0 Å². The van der Waals surface area contributed by atoms with Crippen molar-refractivity contribution in [2.45, 2.75) is 38.6 Å². The normalized spacial score (nSPS) is 20.0. The average Bonchev–Trinajstić information content (AvgIpc) is 2.59. The van der Waals surface area contributed by atoms with Crippen LogP contribution in [0.3, 0.4) is 0 Å². The summed E-state index contributed by atoms with van der Waals surface area (Å²) in [6, 6.07) is 0.715. The highest BCUT2D eigenvalue weighted by Gasteiger charge is 2.20. The van der Waals surface area contributed by atoms with Gasteiger partial charge in [-0.2, -0.15) is 0 Å². The number of likely N-dealkylation sites (N-methyl/N-ethyl adjacent to an activating group) is 1. The van der Waals surface area contributed by atoms with Crippen LogP contribution >= 0.6 is 23.7 Å². The molecule has 0 radical (unpaired) electrons.